The molecule has 0 aliphatic heterocycles. The quantitative estimate of drug-likeness (QED) is 0.239. The predicted molar refractivity (Wildman–Crippen MR) is 138 cm³/mol. The van der Waals surface area contributed by atoms with E-state index in [0.29, 0.717) is 5.52 Å². The van der Waals surface area contributed by atoms with Gasteiger partial charge in [0, 0.05) is 0 Å². The Hall–Kier alpha value is -3.27. The van der Waals surface area contributed by atoms with Crippen LogP contribution in [0.15, 0.2) is 107 Å². The van der Waals surface area contributed by atoms with Gasteiger partial charge in [-0.2, -0.15) is 0 Å². The summed E-state index contributed by atoms with van der Waals surface area (Å²) in [5.41, 5.74) is 5.38. The van der Waals surface area contributed by atoms with Crippen LogP contribution in [0, 0.1) is 0 Å². The molecule has 4 nitrogen and oxygen atoms in total. The molecule has 34 heavy (non-hydrogen) atoms. The average Bonchev–Trinajstić information content (AvgIpc) is 3.43. The second-order valence-corrected chi connectivity index (χ2v) is 11.0. The van der Waals surface area contributed by atoms with Gasteiger partial charge in [0.1, 0.15) is 0 Å². The molecular formula is C28H20AsNO3S. The Balaban J connectivity index is 1.58. The fourth-order valence-corrected chi connectivity index (χ4v) is 6.55. The van der Waals surface area contributed by atoms with Crippen molar-refractivity contribution in [1.29, 1.82) is 0 Å². The van der Waals surface area contributed by atoms with Crippen LogP contribution in [0.25, 0.3) is 44.0 Å². The van der Waals surface area contributed by atoms with Crippen LogP contribution in [0.3, 0.4) is 0 Å². The fraction of sp³-hybridized carbons (Fsp3) is 0.0714. The van der Waals surface area contributed by atoms with Gasteiger partial charge in [-0.05, 0) is 0 Å². The molecule has 2 heterocycles. The van der Waals surface area contributed by atoms with Gasteiger partial charge in [-0.25, -0.2) is 0 Å². The van der Waals surface area contributed by atoms with E-state index in [1.54, 1.807) is 30.5 Å². The molecule has 0 atom stereocenters. The zero-order valence-electron chi connectivity index (χ0n) is 18.2. The molecule has 166 valence electrons. The van der Waals surface area contributed by atoms with E-state index in [0.717, 1.165) is 55.6 Å². The molecule has 0 amide bonds. The number of aryl methyl sites for hydroxylation is 1. The first-order valence-corrected chi connectivity index (χ1v) is 13.8. The summed E-state index contributed by atoms with van der Waals surface area (Å²) in [6, 6.07) is 28.8. The van der Waals surface area contributed by atoms with Crippen LogP contribution in [0.5, 0.6) is 0 Å². The van der Waals surface area contributed by atoms with Gasteiger partial charge in [0.25, 0.3) is 0 Å². The molecule has 2 aromatic heterocycles. The van der Waals surface area contributed by atoms with Gasteiger partial charge in [0.15, 0.2) is 0 Å². The second kappa shape index (κ2) is 8.19. The third-order valence-electron chi connectivity index (χ3n) is 6.25. The van der Waals surface area contributed by atoms with Gasteiger partial charge in [-0.15, -0.1) is 0 Å². The maximum atomic E-state index is 13.4. The number of rotatable bonds is 5. The van der Waals surface area contributed by atoms with Crippen LogP contribution in [0.4, 0.5) is 0 Å². The van der Waals surface area contributed by atoms with Crippen molar-refractivity contribution in [2.45, 2.75) is 16.5 Å². The minimum absolute atomic E-state index is 0.279. The number of nitrogens with zero attached hydrogens (tertiary/aromatic N) is 1. The van der Waals surface area contributed by atoms with E-state index < -0.39 is 10.0 Å². The van der Waals surface area contributed by atoms with Gasteiger partial charge < -0.3 is 0 Å². The summed E-state index contributed by atoms with van der Waals surface area (Å²) in [6.07, 6.45) is 2.54. The SMILES string of the molecule is O=S(=O)(c1ccccc1)n1cc(CC[As])c2cc(-c3cccc4c3oc3ccccc34)ccc21. The Kier molecular flexibility index (Phi) is 5.13. The van der Waals surface area contributed by atoms with E-state index in [4.69, 9.17) is 4.42 Å². The number of para-hydroxylation sites is 2. The molecule has 0 fully saturated rings. The van der Waals surface area contributed by atoms with Crippen molar-refractivity contribution in [2.75, 3.05) is 0 Å². The molecule has 6 aromatic rings. The molecule has 2 radical (unpaired) electrons. The molecule has 0 spiro atoms. The van der Waals surface area contributed by atoms with Crippen LogP contribution in [-0.4, -0.2) is 29.2 Å². The van der Waals surface area contributed by atoms with Gasteiger partial charge in [-0.3, -0.25) is 0 Å². The molecule has 6 heteroatoms. The van der Waals surface area contributed by atoms with Gasteiger partial charge in [0.05, 0.1) is 0 Å². The Morgan fingerprint density at radius 2 is 1.56 bits per heavy atom. The van der Waals surface area contributed by atoms with E-state index in [2.05, 4.69) is 41.1 Å². The number of hydrogen-bond donors (Lipinski definition) is 0. The Bertz CT molecular complexity index is 1780. The molecule has 0 N–H and O–H groups in total. The number of hydrogen-bond acceptors (Lipinski definition) is 3. The zero-order valence-corrected chi connectivity index (χ0v) is 20.9. The van der Waals surface area contributed by atoms with Crippen molar-refractivity contribution in [1.82, 2.24) is 3.97 Å². The topological polar surface area (TPSA) is 52.2 Å². The monoisotopic (exact) mass is 525 g/mol. The van der Waals surface area contributed by atoms with Crippen LogP contribution in [-0.2, 0) is 16.4 Å². The van der Waals surface area contributed by atoms with Crippen LogP contribution in [0.2, 0.25) is 5.21 Å². The molecular weight excluding hydrogens is 505 g/mol. The molecule has 0 unspecified atom stereocenters. The summed E-state index contributed by atoms with van der Waals surface area (Å²) in [5.74, 6) is 0. The van der Waals surface area contributed by atoms with E-state index in [9.17, 15) is 8.42 Å². The van der Waals surface area contributed by atoms with Crippen LogP contribution >= 0.6 is 0 Å². The summed E-state index contributed by atoms with van der Waals surface area (Å²) in [4.78, 5) is 0.279. The zero-order chi connectivity index (χ0) is 23.3. The summed E-state index contributed by atoms with van der Waals surface area (Å²) in [7, 11) is -3.70. The fourth-order valence-electron chi connectivity index (χ4n) is 4.63. The van der Waals surface area contributed by atoms with Crippen molar-refractivity contribution in [3.05, 3.63) is 103 Å². The number of aromatic nitrogens is 1. The molecule has 6 rings (SSSR count). The first-order chi connectivity index (χ1) is 16.6. The predicted octanol–water partition coefficient (Wildman–Crippen LogP) is 6.57. The van der Waals surface area contributed by atoms with E-state index in [1.165, 1.54) is 3.97 Å². The van der Waals surface area contributed by atoms with Gasteiger partial charge in [0.2, 0.25) is 0 Å². The summed E-state index contributed by atoms with van der Waals surface area (Å²) >= 11 is 2.58. The van der Waals surface area contributed by atoms with Crippen molar-refractivity contribution in [3.8, 4) is 11.1 Å². The molecule has 0 saturated carbocycles. The Morgan fingerprint density at radius 3 is 2.38 bits per heavy atom. The van der Waals surface area contributed by atoms with Crippen molar-refractivity contribution in [3.63, 3.8) is 0 Å². The van der Waals surface area contributed by atoms with Crippen molar-refractivity contribution >= 4 is 59.7 Å². The molecule has 4 aromatic carbocycles. The molecule has 0 saturated heterocycles. The van der Waals surface area contributed by atoms with E-state index in [1.807, 2.05) is 42.5 Å². The standard InChI is InChI=1S/C28H20AsNO3S/c29-16-15-20-18-30(34(31,32)21-7-2-1-3-8-21)26-14-13-19(17-25(20)26)22-10-6-11-24-23-9-4-5-12-27(23)33-28(22)24/h1-14,17-18H,15-16H2. The molecule has 0 aliphatic rings. The maximum absolute atomic E-state index is 13.4. The molecule has 0 aliphatic carbocycles. The van der Waals surface area contributed by atoms with Crippen molar-refractivity contribution < 1.29 is 12.8 Å². The average molecular weight is 525 g/mol. The summed E-state index contributed by atoms with van der Waals surface area (Å²) in [5, 5.41) is 3.96. The Labute approximate surface area is 206 Å². The van der Waals surface area contributed by atoms with E-state index in [-0.39, 0.29) is 4.90 Å². The second-order valence-electron chi connectivity index (χ2n) is 8.25. The third-order valence-corrected chi connectivity index (χ3v) is 8.41. The number of benzene rings is 4. The van der Waals surface area contributed by atoms with Crippen LogP contribution < -0.4 is 0 Å². The first kappa shape index (κ1) is 21.3. The van der Waals surface area contributed by atoms with Crippen LogP contribution in [0.1, 0.15) is 5.56 Å². The Morgan fingerprint density at radius 1 is 0.794 bits per heavy atom. The van der Waals surface area contributed by atoms with E-state index >= 15 is 0 Å². The minimum atomic E-state index is -3.70. The number of furan rings is 1. The van der Waals surface area contributed by atoms with Gasteiger partial charge in [-0.1, -0.05) is 0 Å². The van der Waals surface area contributed by atoms with Gasteiger partial charge >= 0.3 is 207 Å². The first-order valence-electron chi connectivity index (χ1n) is 11.0. The third kappa shape index (κ3) is 3.31. The molecule has 0 bridgehead atoms. The van der Waals surface area contributed by atoms with Crippen molar-refractivity contribution in [2.24, 2.45) is 0 Å². The number of fused-ring (bicyclic) bond motifs is 4. The summed E-state index contributed by atoms with van der Waals surface area (Å²) < 4.78 is 34.5. The normalized spacial score (nSPS) is 12.1. The summed E-state index contributed by atoms with van der Waals surface area (Å²) in [6.45, 7) is 0.